The third-order valence-corrected chi connectivity index (χ3v) is 3.09. The standard InChI is InChI=1S/C13H25N3O3/c1-2-19-13(18)6-3-7-15-12(17)10-16-8-4-5-11(14)9-16/h11H,2-10,14H2,1H3,(H,15,17). The molecular formula is C13H25N3O3. The highest BCUT2D eigenvalue weighted by Crippen LogP contribution is 2.07. The normalized spacial score (nSPS) is 20.0. The van der Waals surface area contributed by atoms with Crippen molar-refractivity contribution in [3.63, 3.8) is 0 Å². The smallest absolute Gasteiger partial charge is 0.305 e. The van der Waals surface area contributed by atoms with E-state index < -0.39 is 0 Å². The summed E-state index contributed by atoms with van der Waals surface area (Å²) in [5.41, 5.74) is 5.86. The average Bonchev–Trinajstić information content (AvgIpc) is 2.35. The Morgan fingerprint density at radius 1 is 1.47 bits per heavy atom. The van der Waals surface area contributed by atoms with Gasteiger partial charge in [0.05, 0.1) is 13.2 Å². The number of ether oxygens (including phenoxy) is 1. The van der Waals surface area contributed by atoms with Crippen LogP contribution in [0.25, 0.3) is 0 Å². The predicted octanol–water partition coefficient (Wildman–Crippen LogP) is -0.131. The molecule has 0 radical (unpaired) electrons. The van der Waals surface area contributed by atoms with Crippen LogP contribution in [0.5, 0.6) is 0 Å². The van der Waals surface area contributed by atoms with E-state index in [1.807, 2.05) is 0 Å². The van der Waals surface area contributed by atoms with Gasteiger partial charge in [-0.15, -0.1) is 0 Å². The molecule has 0 spiro atoms. The fourth-order valence-electron chi connectivity index (χ4n) is 2.19. The van der Waals surface area contributed by atoms with Gasteiger partial charge in [0.15, 0.2) is 0 Å². The highest BCUT2D eigenvalue weighted by molar-refractivity contribution is 5.78. The first-order chi connectivity index (χ1) is 9.11. The minimum Gasteiger partial charge on any atom is -0.466 e. The summed E-state index contributed by atoms with van der Waals surface area (Å²) in [5.74, 6) is -0.211. The summed E-state index contributed by atoms with van der Waals surface area (Å²) in [4.78, 5) is 24.8. The Hall–Kier alpha value is -1.14. The maximum atomic E-state index is 11.7. The second-order valence-electron chi connectivity index (χ2n) is 4.90. The molecule has 0 bridgehead atoms. The van der Waals surface area contributed by atoms with Gasteiger partial charge in [0.25, 0.3) is 0 Å². The third-order valence-electron chi connectivity index (χ3n) is 3.09. The molecule has 6 heteroatoms. The van der Waals surface area contributed by atoms with Gasteiger partial charge in [-0.3, -0.25) is 14.5 Å². The molecule has 0 aromatic heterocycles. The van der Waals surface area contributed by atoms with Crippen LogP contribution in [0.3, 0.4) is 0 Å². The molecule has 1 aliphatic rings. The molecule has 0 saturated carbocycles. The van der Waals surface area contributed by atoms with Crippen LogP contribution in [0.4, 0.5) is 0 Å². The lowest BCUT2D eigenvalue weighted by atomic mass is 10.1. The number of nitrogens with one attached hydrogen (secondary N) is 1. The van der Waals surface area contributed by atoms with Crippen LogP contribution >= 0.6 is 0 Å². The van der Waals surface area contributed by atoms with Crippen LogP contribution in [-0.4, -0.2) is 55.6 Å². The van der Waals surface area contributed by atoms with E-state index in [1.165, 1.54) is 0 Å². The van der Waals surface area contributed by atoms with E-state index in [-0.39, 0.29) is 17.9 Å². The van der Waals surface area contributed by atoms with Crippen molar-refractivity contribution in [2.75, 3.05) is 32.8 Å². The molecule has 1 heterocycles. The summed E-state index contributed by atoms with van der Waals surface area (Å²) >= 11 is 0. The van der Waals surface area contributed by atoms with Gasteiger partial charge in [-0.1, -0.05) is 0 Å². The third kappa shape index (κ3) is 7.12. The van der Waals surface area contributed by atoms with Crippen LogP contribution in [0, 0.1) is 0 Å². The van der Waals surface area contributed by atoms with E-state index in [0.717, 1.165) is 25.9 Å². The number of nitrogens with zero attached hydrogens (tertiary/aromatic N) is 1. The molecule has 1 unspecified atom stereocenters. The Labute approximate surface area is 114 Å². The first kappa shape index (κ1) is 15.9. The van der Waals surface area contributed by atoms with Crippen molar-refractivity contribution in [1.82, 2.24) is 10.2 Å². The largest absolute Gasteiger partial charge is 0.466 e. The number of piperidine rings is 1. The lowest BCUT2D eigenvalue weighted by molar-refractivity contribution is -0.143. The van der Waals surface area contributed by atoms with Crippen molar-refractivity contribution in [2.45, 2.75) is 38.6 Å². The molecule has 1 saturated heterocycles. The summed E-state index contributed by atoms with van der Waals surface area (Å²) in [6.45, 7) is 4.81. The minimum absolute atomic E-state index is 0.00189. The Balaban J connectivity index is 2.06. The highest BCUT2D eigenvalue weighted by Gasteiger charge is 2.18. The number of esters is 1. The Bertz CT molecular complexity index is 297. The summed E-state index contributed by atoms with van der Waals surface area (Å²) in [6, 6.07) is 0.186. The summed E-state index contributed by atoms with van der Waals surface area (Å²) in [7, 11) is 0. The van der Waals surface area contributed by atoms with E-state index >= 15 is 0 Å². The van der Waals surface area contributed by atoms with Crippen molar-refractivity contribution in [3.05, 3.63) is 0 Å². The van der Waals surface area contributed by atoms with Crippen LogP contribution in [0.15, 0.2) is 0 Å². The quantitative estimate of drug-likeness (QED) is 0.498. The van der Waals surface area contributed by atoms with Gasteiger partial charge in [-0.05, 0) is 32.7 Å². The van der Waals surface area contributed by atoms with Gasteiger partial charge in [0.2, 0.25) is 5.91 Å². The minimum atomic E-state index is -0.209. The van der Waals surface area contributed by atoms with Crippen LogP contribution in [-0.2, 0) is 14.3 Å². The fourth-order valence-corrected chi connectivity index (χ4v) is 2.19. The van der Waals surface area contributed by atoms with Gasteiger partial charge in [-0.25, -0.2) is 0 Å². The van der Waals surface area contributed by atoms with Gasteiger partial charge in [0, 0.05) is 25.6 Å². The van der Waals surface area contributed by atoms with Gasteiger partial charge < -0.3 is 15.8 Å². The van der Waals surface area contributed by atoms with Crippen molar-refractivity contribution in [2.24, 2.45) is 5.73 Å². The number of hydrogen-bond acceptors (Lipinski definition) is 5. The maximum Gasteiger partial charge on any atom is 0.305 e. The van der Waals surface area contributed by atoms with E-state index in [1.54, 1.807) is 6.92 Å². The van der Waals surface area contributed by atoms with Crippen molar-refractivity contribution >= 4 is 11.9 Å². The van der Waals surface area contributed by atoms with Crippen LogP contribution < -0.4 is 11.1 Å². The highest BCUT2D eigenvalue weighted by atomic mass is 16.5. The number of amides is 1. The molecule has 3 N–H and O–H groups in total. The van der Waals surface area contributed by atoms with E-state index in [2.05, 4.69) is 10.2 Å². The number of nitrogens with two attached hydrogens (primary N) is 1. The molecule has 1 amide bonds. The van der Waals surface area contributed by atoms with E-state index in [0.29, 0.717) is 32.5 Å². The number of likely N-dealkylation sites (tertiary alicyclic amines) is 1. The number of rotatable bonds is 7. The molecule has 6 nitrogen and oxygen atoms in total. The summed E-state index contributed by atoms with van der Waals surface area (Å²) < 4.78 is 4.81. The second kappa shape index (κ2) is 8.87. The zero-order valence-electron chi connectivity index (χ0n) is 11.7. The first-order valence-corrected chi connectivity index (χ1v) is 7.02. The monoisotopic (exact) mass is 271 g/mol. The second-order valence-corrected chi connectivity index (χ2v) is 4.90. The zero-order valence-corrected chi connectivity index (χ0v) is 11.7. The Kier molecular flexibility index (Phi) is 7.43. The predicted molar refractivity (Wildman–Crippen MR) is 72.5 cm³/mol. The van der Waals surface area contributed by atoms with Crippen molar-refractivity contribution < 1.29 is 14.3 Å². The van der Waals surface area contributed by atoms with Crippen molar-refractivity contribution in [3.8, 4) is 0 Å². The lowest BCUT2D eigenvalue weighted by Crippen LogP contribution is -2.47. The number of carbonyl (C=O) groups excluding carboxylic acids is 2. The van der Waals surface area contributed by atoms with E-state index in [4.69, 9.17) is 10.5 Å². The summed E-state index contributed by atoms with van der Waals surface area (Å²) in [5, 5.41) is 2.81. The maximum absolute atomic E-state index is 11.7. The van der Waals surface area contributed by atoms with Gasteiger partial charge in [-0.2, -0.15) is 0 Å². The molecule has 1 fully saturated rings. The molecule has 0 aromatic carbocycles. The Morgan fingerprint density at radius 2 is 2.26 bits per heavy atom. The number of carbonyl (C=O) groups is 2. The molecule has 1 rings (SSSR count). The average molecular weight is 271 g/mol. The van der Waals surface area contributed by atoms with Gasteiger partial charge in [0.1, 0.15) is 0 Å². The molecule has 110 valence electrons. The van der Waals surface area contributed by atoms with E-state index in [9.17, 15) is 9.59 Å². The van der Waals surface area contributed by atoms with Crippen LogP contribution in [0.1, 0.15) is 32.6 Å². The Morgan fingerprint density at radius 3 is 2.95 bits per heavy atom. The lowest BCUT2D eigenvalue weighted by Gasteiger charge is -2.29. The molecule has 1 aliphatic heterocycles. The van der Waals surface area contributed by atoms with Crippen LogP contribution in [0.2, 0.25) is 0 Å². The first-order valence-electron chi connectivity index (χ1n) is 7.02. The SMILES string of the molecule is CCOC(=O)CCCNC(=O)CN1CCCC(N)C1. The zero-order chi connectivity index (χ0) is 14.1. The fraction of sp³-hybridized carbons (Fsp3) is 0.846. The number of hydrogen-bond donors (Lipinski definition) is 2. The van der Waals surface area contributed by atoms with Crippen molar-refractivity contribution in [1.29, 1.82) is 0 Å². The molecule has 19 heavy (non-hydrogen) atoms. The molecule has 0 aliphatic carbocycles. The molecular weight excluding hydrogens is 246 g/mol. The molecule has 0 aromatic rings. The molecule has 1 atom stereocenters. The summed E-state index contributed by atoms with van der Waals surface area (Å²) in [6.07, 6.45) is 3.06. The van der Waals surface area contributed by atoms with Gasteiger partial charge >= 0.3 is 5.97 Å². The topological polar surface area (TPSA) is 84.7 Å².